The van der Waals surface area contributed by atoms with Crippen molar-refractivity contribution in [2.24, 2.45) is 5.92 Å². The van der Waals surface area contributed by atoms with Crippen LogP contribution in [0.15, 0.2) is 42.5 Å². The molecule has 1 unspecified atom stereocenters. The summed E-state index contributed by atoms with van der Waals surface area (Å²) in [5.74, 6) is -0.267. The Bertz CT molecular complexity index is 904. The Balaban J connectivity index is 1.87. The minimum absolute atomic E-state index is 0.0664. The standard InChI is InChI=1S/C20H21Cl2N3O3S/c1-11(2)18(26)23-14-5-7-15(8-6-14)24-20(29)25-19(27)12(3)28-17-9-4-13(21)10-16(17)22/h4-12H,1-3H3,(H,23,26)(H2,24,25,27,29). The highest BCUT2D eigenvalue weighted by Crippen LogP contribution is 2.28. The zero-order chi connectivity index (χ0) is 21.6. The van der Waals surface area contributed by atoms with Crippen LogP contribution < -0.4 is 20.7 Å². The molecule has 0 bridgehead atoms. The minimum Gasteiger partial charge on any atom is -0.479 e. The largest absolute Gasteiger partial charge is 0.479 e. The van der Waals surface area contributed by atoms with Gasteiger partial charge in [0.05, 0.1) is 5.02 Å². The first-order valence-electron chi connectivity index (χ1n) is 8.80. The van der Waals surface area contributed by atoms with Crippen molar-refractivity contribution >= 4 is 63.7 Å². The summed E-state index contributed by atoms with van der Waals surface area (Å²) in [5.41, 5.74) is 1.33. The van der Waals surface area contributed by atoms with E-state index in [-0.39, 0.29) is 16.9 Å². The summed E-state index contributed by atoms with van der Waals surface area (Å²) < 4.78 is 5.55. The number of thiocarbonyl (C=S) groups is 1. The zero-order valence-corrected chi connectivity index (χ0v) is 18.4. The lowest BCUT2D eigenvalue weighted by Gasteiger charge is -2.17. The van der Waals surface area contributed by atoms with Crippen LogP contribution in [-0.2, 0) is 9.59 Å². The maximum Gasteiger partial charge on any atom is 0.266 e. The molecule has 0 radical (unpaired) electrons. The number of hydrogen-bond donors (Lipinski definition) is 3. The summed E-state index contributed by atoms with van der Waals surface area (Å²) in [5, 5.41) is 9.15. The van der Waals surface area contributed by atoms with Crippen molar-refractivity contribution in [2.45, 2.75) is 26.9 Å². The molecule has 0 aliphatic heterocycles. The highest BCUT2D eigenvalue weighted by Gasteiger charge is 2.17. The fourth-order valence-electron chi connectivity index (χ4n) is 2.11. The summed E-state index contributed by atoms with van der Waals surface area (Å²) in [7, 11) is 0. The molecule has 0 spiro atoms. The Hall–Kier alpha value is -2.35. The van der Waals surface area contributed by atoms with Crippen molar-refractivity contribution < 1.29 is 14.3 Å². The maximum atomic E-state index is 12.3. The first-order chi connectivity index (χ1) is 13.7. The van der Waals surface area contributed by atoms with Crippen LogP contribution in [0.2, 0.25) is 10.0 Å². The van der Waals surface area contributed by atoms with Gasteiger partial charge in [-0.25, -0.2) is 0 Å². The van der Waals surface area contributed by atoms with Gasteiger partial charge in [-0.2, -0.15) is 0 Å². The summed E-state index contributed by atoms with van der Waals surface area (Å²) in [6.07, 6.45) is -0.831. The van der Waals surface area contributed by atoms with Crippen LogP contribution >= 0.6 is 35.4 Å². The van der Waals surface area contributed by atoms with Gasteiger partial charge < -0.3 is 15.4 Å². The van der Waals surface area contributed by atoms with E-state index >= 15 is 0 Å². The Labute approximate surface area is 184 Å². The molecule has 0 aliphatic rings. The number of ether oxygens (including phenoxy) is 1. The highest BCUT2D eigenvalue weighted by atomic mass is 35.5. The van der Waals surface area contributed by atoms with Crippen molar-refractivity contribution in [3.8, 4) is 5.75 Å². The first-order valence-corrected chi connectivity index (χ1v) is 9.96. The van der Waals surface area contributed by atoms with Crippen LogP contribution in [-0.4, -0.2) is 23.0 Å². The number of carbonyl (C=O) groups excluding carboxylic acids is 2. The van der Waals surface area contributed by atoms with Crippen molar-refractivity contribution in [1.29, 1.82) is 0 Å². The van der Waals surface area contributed by atoms with Gasteiger partial charge in [0, 0.05) is 22.3 Å². The van der Waals surface area contributed by atoms with Crippen LogP contribution in [0.1, 0.15) is 20.8 Å². The molecule has 2 aromatic carbocycles. The van der Waals surface area contributed by atoms with Gasteiger partial charge in [-0.15, -0.1) is 0 Å². The molecule has 0 aliphatic carbocycles. The van der Waals surface area contributed by atoms with E-state index in [9.17, 15) is 9.59 Å². The van der Waals surface area contributed by atoms with Crippen LogP contribution in [0.4, 0.5) is 11.4 Å². The molecule has 0 fully saturated rings. The van der Waals surface area contributed by atoms with E-state index in [0.29, 0.717) is 27.2 Å². The molecule has 6 nitrogen and oxygen atoms in total. The van der Waals surface area contributed by atoms with E-state index in [1.807, 2.05) is 13.8 Å². The molecule has 2 amide bonds. The summed E-state index contributed by atoms with van der Waals surface area (Å²) in [6, 6.07) is 11.7. The second-order valence-electron chi connectivity index (χ2n) is 6.50. The SMILES string of the molecule is CC(C)C(=O)Nc1ccc(NC(=S)NC(=O)C(C)Oc2ccc(Cl)cc2Cl)cc1. The van der Waals surface area contributed by atoms with E-state index in [4.69, 9.17) is 40.2 Å². The van der Waals surface area contributed by atoms with Gasteiger partial charge in [0.1, 0.15) is 5.75 Å². The average Bonchev–Trinajstić information content (AvgIpc) is 2.65. The molecular weight excluding hydrogens is 433 g/mol. The number of carbonyl (C=O) groups is 2. The number of halogens is 2. The molecule has 154 valence electrons. The number of benzene rings is 2. The smallest absolute Gasteiger partial charge is 0.266 e. The van der Waals surface area contributed by atoms with Crippen molar-refractivity contribution in [2.75, 3.05) is 10.6 Å². The molecule has 2 aromatic rings. The lowest BCUT2D eigenvalue weighted by atomic mass is 10.2. The highest BCUT2D eigenvalue weighted by molar-refractivity contribution is 7.80. The third kappa shape index (κ3) is 7.20. The predicted octanol–water partition coefficient (Wildman–Crippen LogP) is 4.87. The molecular formula is C20H21Cl2N3O3S. The van der Waals surface area contributed by atoms with Crippen LogP contribution in [0.3, 0.4) is 0 Å². The minimum atomic E-state index is -0.831. The molecule has 9 heteroatoms. The number of amides is 2. The van der Waals surface area contributed by atoms with Crippen LogP contribution in [0, 0.1) is 5.92 Å². The fourth-order valence-corrected chi connectivity index (χ4v) is 2.79. The van der Waals surface area contributed by atoms with Gasteiger partial charge in [0.25, 0.3) is 5.91 Å². The van der Waals surface area contributed by atoms with Gasteiger partial charge in [-0.05, 0) is 61.6 Å². The van der Waals surface area contributed by atoms with E-state index in [1.54, 1.807) is 43.3 Å². The first kappa shape index (κ1) is 22.9. The fraction of sp³-hybridized carbons (Fsp3) is 0.250. The van der Waals surface area contributed by atoms with Crippen molar-refractivity contribution in [1.82, 2.24) is 5.32 Å². The van der Waals surface area contributed by atoms with Gasteiger partial charge in [0.2, 0.25) is 5.91 Å². The summed E-state index contributed by atoms with van der Waals surface area (Å²) in [6.45, 7) is 5.21. The number of hydrogen-bond acceptors (Lipinski definition) is 4. The molecule has 29 heavy (non-hydrogen) atoms. The predicted molar refractivity (Wildman–Crippen MR) is 121 cm³/mol. The molecule has 2 rings (SSSR count). The van der Waals surface area contributed by atoms with Gasteiger partial charge >= 0.3 is 0 Å². The molecule has 1 atom stereocenters. The van der Waals surface area contributed by atoms with E-state index in [1.165, 1.54) is 6.07 Å². The molecule has 0 aromatic heterocycles. The number of anilines is 2. The zero-order valence-electron chi connectivity index (χ0n) is 16.1. The summed E-state index contributed by atoms with van der Waals surface area (Å²) >= 11 is 17.1. The Morgan fingerprint density at radius 3 is 2.07 bits per heavy atom. The second-order valence-corrected chi connectivity index (χ2v) is 7.75. The second kappa shape index (κ2) is 10.4. The van der Waals surface area contributed by atoms with E-state index < -0.39 is 12.0 Å². The maximum absolute atomic E-state index is 12.3. The van der Waals surface area contributed by atoms with Crippen LogP contribution in [0.5, 0.6) is 5.75 Å². The number of rotatable bonds is 6. The van der Waals surface area contributed by atoms with Gasteiger partial charge in [-0.1, -0.05) is 37.0 Å². The molecule has 3 N–H and O–H groups in total. The third-order valence-electron chi connectivity index (χ3n) is 3.74. The van der Waals surface area contributed by atoms with Crippen molar-refractivity contribution in [3.63, 3.8) is 0 Å². The van der Waals surface area contributed by atoms with Crippen molar-refractivity contribution in [3.05, 3.63) is 52.5 Å². The topological polar surface area (TPSA) is 79.5 Å². The lowest BCUT2D eigenvalue weighted by molar-refractivity contribution is -0.125. The molecule has 0 heterocycles. The monoisotopic (exact) mass is 453 g/mol. The Kier molecular flexibility index (Phi) is 8.25. The Morgan fingerprint density at radius 2 is 1.52 bits per heavy atom. The van der Waals surface area contributed by atoms with Crippen LogP contribution in [0.25, 0.3) is 0 Å². The van der Waals surface area contributed by atoms with Gasteiger partial charge in [0.15, 0.2) is 11.2 Å². The summed E-state index contributed by atoms with van der Waals surface area (Å²) in [4.78, 5) is 24.0. The normalized spacial score (nSPS) is 11.5. The number of nitrogens with one attached hydrogen (secondary N) is 3. The lowest BCUT2D eigenvalue weighted by Crippen LogP contribution is -2.42. The third-order valence-corrected chi connectivity index (χ3v) is 4.47. The quantitative estimate of drug-likeness (QED) is 0.543. The van der Waals surface area contributed by atoms with E-state index in [0.717, 1.165) is 0 Å². The van der Waals surface area contributed by atoms with Gasteiger partial charge in [-0.3, -0.25) is 14.9 Å². The Morgan fingerprint density at radius 1 is 0.931 bits per heavy atom. The average molecular weight is 454 g/mol. The van der Waals surface area contributed by atoms with E-state index in [2.05, 4.69) is 16.0 Å². The molecule has 0 saturated heterocycles. The molecule has 0 saturated carbocycles.